The fourth-order valence-electron chi connectivity index (χ4n) is 3.05. The molecule has 140 valence electrons. The van der Waals surface area contributed by atoms with Crippen molar-refractivity contribution in [3.05, 3.63) is 93.7 Å². The van der Waals surface area contributed by atoms with Gasteiger partial charge >= 0.3 is 0 Å². The number of amides is 1. The first-order valence-electron chi connectivity index (χ1n) is 9.00. The molecule has 0 N–H and O–H groups in total. The van der Waals surface area contributed by atoms with E-state index in [0.717, 1.165) is 22.7 Å². The van der Waals surface area contributed by atoms with Crippen LogP contribution in [0.3, 0.4) is 0 Å². The van der Waals surface area contributed by atoms with E-state index in [0.29, 0.717) is 30.2 Å². The Labute approximate surface area is 170 Å². The summed E-state index contributed by atoms with van der Waals surface area (Å²) in [5.74, 6) is 0.0130. The summed E-state index contributed by atoms with van der Waals surface area (Å²) in [6.45, 7) is 3.99. The molecule has 5 heteroatoms. The third-order valence-electron chi connectivity index (χ3n) is 4.45. The Morgan fingerprint density at radius 2 is 1.74 bits per heavy atom. The topological polar surface area (TPSA) is 25.2 Å². The molecule has 1 amide bonds. The highest BCUT2D eigenvalue weighted by Crippen LogP contribution is 2.19. The molecule has 0 aliphatic rings. The number of halogens is 2. The summed E-state index contributed by atoms with van der Waals surface area (Å²) in [6, 6.07) is 18.9. The molecule has 0 atom stereocenters. The minimum Gasteiger partial charge on any atom is -0.345 e. The lowest BCUT2D eigenvalue weighted by Gasteiger charge is -2.23. The summed E-state index contributed by atoms with van der Waals surface area (Å²) >= 11 is 12.2. The molecule has 0 aliphatic heterocycles. The molecule has 0 aliphatic carbocycles. The van der Waals surface area contributed by atoms with E-state index in [9.17, 15) is 4.79 Å². The van der Waals surface area contributed by atoms with Crippen molar-refractivity contribution in [2.75, 3.05) is 6.54 Å². The lowest BCUT2D eigenvalue weighted by Crippen LogP contribution is -2.32. The van der Waals surface area contributed by atoms with E-state index < -0.39 is 0 Å². The summed E-state index contributed by atoms with van der Waals surface area (Å²) in [5.41, 5.74) is 2.78. The highest BCUT2D eigenvalue weighted by molar-refractivity contribution is 6.31. The van der Waals surface area contributed by atoms with Gasteiger partial charge in [-0.2, -0.15) is 0 Å². The smallest absolute Gasteiger partial charge is 0.254 e. The van der Waals surface area contributed by atoms with E-state index in [1.165, 1.54) is 0 Å². The predicted molar refractivity (Wildman–Crippen MR) is 111 cm³/mol. The molecule has 3 nitrogen and oxygen atoms in total. The van der Waals surface area contributed by atoms with Crippen molar-refractivity contribution in [3.63, 3.8) is 0 Å². The minimum atomic E-state index is 0.0130. The molecule has 3 rings (SSSR count). The van der Waals surface area contributed by atoms with Crippen LogP contribution in [0.15, 0.2) is 66.9 Å². The van der Waals surface area contributed by atoms with Crippen LogP contribution in [0, 0.1) is 0 Å². The number of benzene rings is 2. The molecule has 0 saturated carbocycles. The Bertz CT molecular complexity index is 903. The average molecular weight is 401 g/mol. The van der Waals surface area contributed by atoms with E-state index in [1.54, 1.807) is 24.3 Å². The third kappa shape index (κ3) is 4.94. The van der Waals surface area contributed by atoms with Crippen molar-refractivity contribution in [3.8, 4) is 0 Å². The van der Waals surface area contributed by atoms with Crippen molar-refractivity contribution in [2.45, 2.75) is 26.4 Å². The molecule has 0 unspecified atom stereocenters. The van der Waals surface area contributed by atoms with Gasteiger partial charge in [0, 0.05) is 40.6 Å². The Kier molecular flexibility index (Phi) is 6.59. The standard InChI is InChI=1S/C22H22Cl2N2O/c1-2-13-26(22(27)17-9-11-19(23)12-10-17)16-20-7-5-14-25(20)15-18-6-3-4-8-21(18)24/h3-12,14H,2,13,15-16H2,1H3. The summed E-state index contributed by atoms with van der Waals surface area (Å²) in [4.78, 5) is 14.8. The van der Waals surface area contributed by atoms with Crippen LogP contribution in [0.1, 0.15) is 35.0 Å². The van der Waals surface area contributed by atoms with Gasteiger partial charge in [0.25, 0.3) is 5.91 Å². The number of rotatable bonds is 7. The number of carbonyl (C=O) groups excluding carboxylic acids is 1. The number of nitrogens with zero attached hydrogens (tertiary/aromatic N) is 2. The van der Waals surface area contributed by atoms with Crippen molar-refractivity contribution < 1.29 is 4.79 Å². The first-order chi connectivity index (χ1) is 13.1. The maximum absolute atomic E-state index is 12.9. The second kappa shape index (κ2) is 9.12. The first kappa shape index (κ1) is 19.5. The average Bonchev–Trinajstić information content (AvgIpc) is 3.10. The number of carbonyl (C=O) groups is 1. The Hall–Kier alpha value is -2.23. The second-order valence-electron chi connectivity index (χ2n) is 6.45. The molecule has 0 saturated heterocycles. The molecule has 0 radical (unpaired) electrons. The lowest BCUT2D eigenvalue weighted by molar-refractivity contribution is 0.0739. The van der Waals surface area contributed by atoms with Gasteiger partial charge in [-0.25, -0.2) is 0 Å². The lowest BCUT2D eigenvalue weighted by atomic mass is 10.2. The normalized spacial score (nSPS) is 10.8. The maximum Gasteiger partial charge on any atom is 0.254 e. The van der Waals surface area contributed by atoms with Crippen molar-refractivity contribution in [2.24, 2.45) is 0 Å². The Morgan fingerprint density at radius 1 is 1.00 bits per heavy atom. The predicted octanol–water partition coefficient (Wildman–Crippen LogP) is 5.90. The summed E-state index contributed by atoms with van der Waals surface area (Å²) in [6.07, 6.45) is 2.92. The Morgan fingerprint density at radius 3 is 2.44 bits per heavy atom. The SMILES string of the molecule is CCCN(Cc1cccn1Cc1ccccc1Cl)C(=O)c1ccc(Cl)cc1. The van der Waals surface area contributed by atoms with E-state index in [2.05, 4.69) is 17.6 Å². The highest BCUT2D eigenvalue weighted by Gasteiger charge is 2.17. The summed E-state index contributed by atoms with van der Waals surface area (Å²) < 4.78 is 2.14. The zero-order valence-electron chi connectivity index (χ0n) is 15.2. The number of hydrogen-bond acceptors (Lipinski definition) is 1. The molecule has 0 fully saturated rings. The van der Waals surface area contributed by atoms with Gasteiger partial charge in [-0.1, -0.05) is 48.3 Å². The fraction of sp³-hybridized carbons (Fsp3) is 0.227. The zero-order valence-corrected chi connectivity index (χ0v) is 16.7. The van der Waals surface area contributed by atoms with E-state index in [4.69, 9.17) is 23.2 Å². The molecule has 0 bridgehead atoms. The molecule has 2 aromatic carbocycles. The maximum atomic E-state index is 12.9. The van der Waals surface area contributed by atoms with Crippen LogP contribution in [0.5, 0.6) is 0 Å². The van der Waals surface area contributed by atoms with Crippen LogP contribution in [-0.4, -0.2) is 21.9 Å². The zero-order chi connectivity index (χ0) is 19.2. The van der Waals surface area contributed by atoms with Gasteiger partial charge in [0.15, 0.2) is 0 Å². The summed E-state index contributed by atoms with van der Waals surface area (Å²) in [7, 11) is 0. The van der Waals surface area contributed by atoms with Gasteiger partial charge in [-0.15, -0.1) is 0 Å². The van der Waals surface area contributed by atoms with Crippen LogP contribution < -0.4 is 0 Å². The van der Waals surface area contributed by atoms with E-state index in [-0.39, 0.29) is 5.91 Å². The largest absolute Gasteiger partial charge is 0.345 e. The monoisotopic (exact) mass is 400 g/mol. The molecular formula is C22H22Cl2N2O. The van der Waals surface area contributed by atoms with Crippen molar-refractivity contribution in [1.82, 2.24) is 9.47 Å². The van der Waals surface area contributed by atoms with Gasteiger partial charge in [-0.3, -0.25) is 4.79 Å². The van der Waals surface area contributed by atoms with Gasteiger partial charge in [0.2, 0.25) is 0 Å². The number of aromatic nitrogens is 1. The van der Waals surface area contributed by atoms with E-state index in [1.807, 2.05) is 41.4 Å². The van der Waals surface area contributed by atoms with Crippen LogP contribution >= 0.6 is 23.2 Å². The molecule has 27 heavy (non-hydrogen) atoms. The molecular weight excluding hydrogens is 379 g/mol. The van der Waals surface area contributed by atoms with Gasteiger partial charge < -0.3 is 9.47 Å². The van der Waals surface area contributed by atoms with E-state index >= 15 is 0 Å². The second-order valence-corrected chi connectivity index (χ2v) is 7.30. The quantitative estimate of drug-likeness (QED) is 0.484. The molecule has 0 spiro atoms. The molecule has 1 heterocycles. The molecule has 1 aromatic heterocycles. The fourth-order valence-corrected chi connectivity index (χ4v) is 3.37. The minimum absolute atomic E-state index is 0.0130. The van der Waals surface area contributed by atoms with Crippen LogP contribution in [0.2, 0.25) is 10.0 Å². The highest BCUT2D eigenvalue weighted by atomic mass is 35.5. The number of hydrogen-bond donors (Lipinski definition) is 0. The van der Waals surface area contributed by atoms with Gasteiger partial charge in [-0.05, 0) is 54.4 Å². The van der Waals surface area contributed by atoms with Crippen LogP contribution in [0.25, 0.3) is 0 Å². The summed E-state index contributed by atoms with van der Waals surface area (Å²) in [5, 5.41) is 1.38. The van der Waals surface area contributed by atoms with Crippen molar-refractivity contribution >= 4 is 29.1 Å². The van der Waals surface area contributed by atoms with Crippen LogP contribution in [-0.2, 0) is 13.1 Å². The first-order valence-corrected chi connectivity index (χ1v) is 9.76. The van der Waals surface area contributed by atoms with Crippen LogP contribution in [0.4, 0.5) is 0 Å². The Balaban J connectivity index is 1.79. The third-order valence-corrected chi connectivity index (χ3v) is 5.07. The van der Waals surface area contributed by atoms with Crippen molar-refractivity contribution in [1.29, 1.82) is 0 Å². The van der Waals surface area contributed by atoms with Gasteiger partial charge in [0.05, 0.1) is 6.54 Å². The van der Waals surface area contributed by atoms with Gasteiger partial charge in [0.1, 0.15) is 0 Å². The molecule has 3 aromatic rings.